The summed E-state index contributed by atoms with van der Waals surface area (Å²) in [5.74, 6) is 0.150. The maximum Gasteiger partial charge on any atom is 0.253 e. The van der Waals surface area contributed by atoms with Crippen molar-refractivity contribution in [2.45, 2.75) is 71.1 Å². The minimum atomic E-state index is -1.20. The molecule has 0 bridgehead atoms. The molecule has 5 aliphatic rings. The quantitative estimate of drug-likeness (QED) is 0.471. The summed E-state index contributed by atoms with van der Waals surface area (Å²) in [6, 6.07) is 3.80. The van der Waals surface area contributed by atoms with Crippen molar-refractivity contribution >= 4 is 34.9 Å². The van der Waals surface area contributed by atoms with Crippen LogP contribution in [0, 0.1) is 16.5 Å². The molecule has 1 aromatic carbocycles. The summed E-state index contributed by atoms with van der Waals surface area (Å²) in [6.45, 7) is 12.3. The molecule has 0 aromatic heterocycles. The third kappa shape index (κ3) is 2.35. The SMILES string of the molecule is CC1C(C)(C)C2=[N+]([O-])c3c(ccc4c3C=CC(C)(C)O4)C2=C[C@@]12NC(=O)C1(C)CCCN1C2=O. The van der Waals surface area contributed by atoms with E-state index in [4.69, 9.17) is 4.74 Å². The van der Waals surface area contributed by atoms with Crippen LogP contribution in [0.2, 0.25) is 0 Å². The van der Waals surface area contributed by atoms with E-state index in [2.05, 4.69) is 5.32 Å². The molecular weight excluding hydrogens is 430 g/mol. The Balaban J connectivity index is 1.59. The first-order chi connectivity index (χ1) is 15.8. The second kappa shape index (κ2) is 6.12. The van der Waals surface area contributed by atoms with E-state index in [0.717, 1.165) is 27.9 Å². The Labute approximate surface area is 199 Å². The van der Waals surface area contributed by atoms with Crippen LogP contribution in [-0.4, -0.2) is 50.4 Å². The zero-order chi connectivity index (χ0) is 24.4. The first-order valence-electron chi connectivity index (χ1n) is 12.1. The van der Waals surface area contributed by atoms with Gasteiger partial charge in [-0.05, 0) is 77.8 Å². The number of amides is 2. The van der Waals surface area contributed by atoms with Crippen molar-refractivity contribution in [3.63, 3.8) is 0 Å². The number of carbonyl (C=O) groups excluding carboxylic acids is 2. The number of rotatable bonds is 0. The van der Waals surface area contributed by atoms with Crippen LogP contribution in [0.4, 0.5) is 5.69 Å². The first-order valence-corrected chi connectivity index (χ1v) is 12.1. The molecule has 1 N–H and O–H groups in total. The zero-order valence-electron chi connectivity index (χ0n) is 20.6. The molecule has 4 aliphatic heterocycles. The third-order valence-electron chi connectivity index (χ3n) is 8.95. The number of ether oxygens (including phenoxy) is 1. The van der Waals surface area contributed by atoms with Crippen LogP contribution in [0.3, 0.4) is 0 Å². The number of hydrogen-bond acceptors (Lipinski definition) is 4. The number of carbonyl (C=O) groups is 2. The largest absolute Gasteiger partial charge is 0.618 e. The lowest BCUT2D eigenvalue weighted by Crippen LogP contribution is -2.76. The summed E-state index contributed by atoms with van der Waals surface area (Å²) in [5, 5.41) is 17.0. The monoisotopic (exact) mass is 461 g/mol. The van der Waals surface area contributed by atoms with Crippen molar-refractivity contribution in [3.8, 4) is 5.75 Å². The highest BCUT2D eigenvalue weighted by atomic mass is 16.5. The van der Waals surface area contributed by atoms with E-state index in [1.807, 2.05) is 71.9 Å². The highest BCUT2D eigenvalue weighted by Crippen LogP contribution is 2.55. The van der Waals surface area contributed by atoms with Gasteiger partial charge in [0.05, 0.1) is 22.1 Å². The predicted molar refractivity (Wildman–Crippen MR) is 130 cm³/mol. The van der Waals surface area contributed by atoms with Gasteiger partial charge < -0.3 is 20.2 Å². The molecule has 1 aromatic rings. The average Bonchev–Trinajstić information content (AvgIpc) is 3.29. The van der Waals surface area contributed by atoms with Crippen molar-refractivity contribution in [1.29, 1.82) is 0 Å². The molecule has 0 radical (unpaired) electrons. The van der Waals surface area contributed by atoms with Gasteiger partial charge in [0.15, 0.2) is 0 Å². The van der Waals surface area contributed by atoms with Gasteiger partial charge in [-0.25, -0.2) is 0 Å². The van der Waals surface area contributed by atoms with Crippen LogP contribution in [0.25, 0.3) is 11.6 Å². The van der Waals surface area contributed by atoms with Crippen molar-refractivity contribution in [2.24, 2.45) is 11.3 Å². The Kier molecular flexibility index (Phi) is 3.86. The van der Waals surface area contributed by atoms with Crippen LogP contribution in [0.5, 0.6) is 5.75 Å². The molecule has 7 nitrogen and oxygen atoms in total. The van der Waals surface area contributed by atoms with Crippen molar-refractivity contribution in [3.05, 3.63) is 40.6 Å². The van der Waals surface area contributed by atoms with Gasteiger partial charge in [0.25, 0.3) is 5.91 Å². The number of nitrogens with one attached hydrogen (secondary N) is 1. The van der Waals surface area contributed by atoms with Gasteiger partial charge in [-0.15, -0.1) is 0 Å². The van der Waals surface area contributed by atoms with Gasteiger partial charge in [-0.3, -0.25) is 9.59 Å². The van der Waals surface area contributed by atoms with Crippen LogP contribution in [-0.2, 0) is 9.59 Å². The molecule has 2 fully saturated rings. The Bertz CT molecular complexity index is 1290. The number of allylic oxidation sites excluding steroid dienone is 1. The normalized spacial score (nSPS) is 34.2. The second-order valence-electron chi connectivity index (χ2n) is 11.7. The molecule has 3 atom stereocenters. The topological polar surface area (TPSA) is 84.7 Å². The van der Waals surface area contributed by atoms with Gasteiger partial charge >= 0.3 is 0 Å². The molecule has 1 spiro atoms. The summed E-state index contributed by atoms with van der Waals surface area (Å²) in [5.41, 5.74) is 0.291. The van der Waals surface area contributed by atoms with Gasteiger partial charge in [-0.2, -0.15) is 4.74 Å². The lowest BCUT2D eigenvalue weighted by atomic mass is 9.59. The Morgan fingerprint density at radius 2 is 1.91 bits per heavy atom. The molecule has 178 valence electrons. The van der Waals surface area contributed by atoms with Crippen LogP contribution in [0.15, 0.2) is 24.3 Å². The molecule has 7 heteroatoms. The minimum absolute atomic E-state index is 0.0759. The van der Waals surface area contributed by atoms with E-state index < -0.39 is 22.1 Å². The second-order valence-corrected chi connectivity index (χ2v) is 11.7. The summed E-state index contributed by atoms with van der Waals surface area (Å²) in [6.07, 6.45) is 7.24. The number of nitrogens with zero attached hydrogens (tertiary/aromatic N) is 2. The van der Waals surface area contributed by atoms with Crippen LogP contribution in [0.1, 0.15) is 65.5 Å². The fourth-order valence-electron chi connectivity index (χ4n) is 6.62. The van der Waals surface area contributed by atoms with E-state index in [1.54, 1.807) is 4.90 Å². The predicted octanol–water partition coefficient (Wildman–Crippen LogP) is 3.78. The average molecular weight is 462 g/mol. The lowest BCUT2D eigenvalue weighted by Gasteiger charge is -2.53. The smallest absolute Gasteiger partial charge is 0.253 e. The minimum Gasteiger partial charge on any atom is -0.618 e. The Morgan fingerprint density at radius 1 is 1.18 bits per heavy atom. The Morgan fingerprint density at radius 3 is 2.65 bits per heavy atom. The summed E-state index contributed by atoms with van der Waals surface area (Å²) in [4.78, 5) is 29.2. The van der Waals surface area contributed by atoms with Crippen LogP contribution >= 0.6 is 0 Å². The number of benzene rings is 1. The molecule has 2 unspecified atom stereocenters. The number of piperazine rings is 1. The van der Waals surface area contributed by atoms with E-state index in [1.165, 1.54) is 0 Å². The van der Waals surface area contributed by atoms with Gasteiger partial charge in [-0.1, -0.05) is 6.92 Å². The van der Waals surface area contributed by atoms with E-state index in [-0.39, 0.29) is 17.7 Å². The van der Waals surface area contributed by atoms with Crippen molar-refractivity contribution < 1.29 is 19.1 Å². The zero-order valence-corrected chi connectivity index (χ0v) is 20.6. The molecular formula is C27H31N3O4. The fraction of sp³-hybridized carbons (Fsp3) is 0.519. The van der Waals surface area contributed by atoms with E-state index in [0.29, 0.717) is 30.1 Å². The molecule has 34 heavy (non-hydrogen) atoms. The maximum atomic E-state index is 14.1. The highest BCUT2D eigenvalue weighted by Gasteiger charge is 2.66. The third-order valence-corrected chi connectivity index (χ3v) is 8.95. The summed E-state index contributed by atoms with van der Waals surface area (Å²) < 4.78 is 7.14. The van der Waals surface area contributed by atoms with Gasteiger partial charge in [0.2, 0.25) is 17.3 Å². The number of fused-ring (bicyclic) bond motifs is 6. The molecule has 2 amide bonds. The molecule has 2 saturated heterocycles. The lowest BCUT2D eigenvalue weighted by molar-refractivity contribution is -0.362. The number of hydrogen-bond donors (Lipinski definition) is 1. The molecule has 6 rings (SSSR count). The maximum absolute atomic E-state index is 14.1. The van der Waals surface area contributed by atoms with E-state index >= 15 is 0 Å². The summed E-state index contributed by atoms with van der Waals surface area (Å²) in [7, 11) is 0. The first kappa shape index (κ1) is 21.4. The van der Waals surface area contributed by atoms with Crippen molar-refractivity contribution in [2.75, 3.05) is 6.54 Å². The molecule has 0 saturated carbocycles. The van der Waals surface area contributed by atoms with Crippen molar-refractivity contribution in [1.82, 2.24) is 10.2 Å². The van der Waals surface area contributed by atoms with E-state index in [9.17, 15) is 14.8 Å². The molecule has 1 aliphatic carbocycles. The summed E-state index contributed by atoms with van der Waals surface area (Å²) >= 11 is 0. The van der Waals surface area contributed by atoms with Gasteiger partial charge in [0, 0.05) is 12.5 Å². The highest BCUT2D eigenvalue weighted by molar-refractivity contribution is 6.30. The Hall–Kier alpha value is -3.09. The molecule has 4 heterocycles. The van der Waals surface area contributed by atoms with Gasteiger partial charge in [0.1, 0.15) is 22.4 Å². The van der Waals surface area contributed by atoms with Crippen LogP contribution < -0.4 is 10.1 Å². The fourth-order valence-corrected chi connectivity index (χ4v) is 6.62. The standard InChI is InChI=1S/C27H31N3O4/c1-15-25(4,5)21-18(14-27(15)23(32)29-13-7-11-26(29,6)22(31)28-27)16-8-9-19-17(20(16)30(21)33)10-12-24(2,3)34-19/h8-10,12,14-15H,7,11,13H2,1-6H3,(H,28,31)/t15?,26?,27-/m1/s1.